The van der Waals surface area contributed by atoms with Gasteiger partial charge in [0, 0.05) is 24.8 Å². The van der Waals surface area contributed by atoms with E-state index in [0.717, 1.165) is 44.5 Å². The molecule has 4 nitrogen and oxygen atoms in total. The lowest BCUT2D eigenvalue weighted by molar-refractivity contribution is 0.0458. The summed E-state index contributed by atoms with van der Waals surface area (Å²) in [4.78, 5) is 14.6. The van der Waals surface area contributed by atoms with E-state index in [2.05, 4.69) is 34.5 Å². The second kappa shape index (κ2) is 7.28. The van der Waals surface area contributed by atoms with E-state index in [9.17, 15) is 4.79 Å². The van der Waals surface area contributed by atoms with Crippen LogP contribution in [0.25, 0.3) is 0 Å². The van der Waals surface area contributed by atoms with E-state index in [1.807, 2.05) is 30.3 Å². The van der Waals surface area contributed by atoms with Crippen LogP contribution >= 0.6 is 0 Å². The molecule has 1 heterocycles. The first-order chi connectivity index (χ1) is 12.3. The Balaban J connectivity index is 1.24. The van der Waals surface area contributed by atoms with Crippen molar-refractivity contribution in [2.75, 3.05) is 18.4 Å². The first-order valence-electron chi connectivity index (χ1n) is 9.11. The van der Waals surface area contributed by atoms with Crippen molar-refractivity contribution in [3.8, 4) is 0 Å². The summed E-state index contributed by atoms with van der Waals surface area (Å²) in [5, 5.41) is 2.79. The number of para-hydroxylation sites is 1. The van der Waals surface area contributed by atoms with Gasteiger partial charge in [0.2, 0.25) is 0 Å². The third-order valence-corrected chi connectivity index (χ3v) is 5.32. The molecule has 0 radical (unpaired) electrons. The molecule has 0 saturated carbocycles. The number of hydrogen-bond acceptors (Lipinski definition) is 3. The van der Waals surface area contributed by atoms with Gasteiger partial charge >= 0.3 is 6.09 Å². The van der Waals surface area contributed by atoms with Crippen LogP contribution in [-0.4, -0.2) is 36.2 Å². The minimum atomic E-state index is -0.349. The van der Waals surface area contributed by atoms with Crippen LogP contribution in [0.4, 0.5) is 10.5 Å². The van der Waals surface area contributed by atoms with Crippen LogP contribution in [-0.2, 0) is 17.6 Å². The zero-order valence-electron chi connectivity index (χ0n) is 14.4. The van der Waals surface area contributed by atoms with Crippen molar-refractivity contribution in [3.63, 3.8) is 0 Å². The van der Waals surface area contributed by atoms with E-state index < -0.39 is 0 Å². The van der Waals surface area contributed by atoms with Crippen LogP contribution in [0, 0.1) is 0 Å². The molecule has 1 saturated heterocycles. The van der Waals surface area contributed by atoms with Crippen molar-refractivity contribution in [2.45, 2.75) is 37.8 Å². The largest absolute Gasteiger partial charge is 0.446 e. The maximum absolute atomic E-state index is 12.0. The highest BCUT2D eigenvalue weighted by atomic mass is 16.6. The molecule has 130 valence electrons. The molecule has 1 N–H and O–H groups in total. The molecule has 0 bridgehead atoms. The number of ether oxygens (including phenoxy) is 1. The monoisotopic (exact) mass is 336 g/mol. The van der Waals surface area contributed by atoms with Gasteiger partial charge in [0.1, 0.15) is 6.10 Å². The van der Waals surface area contributed by atoms with E-state index in [1.165, 1.54) is 11.1 Å². The minimum absolute atomic E-state index is 0.0174. The van der Waals surface area contributed by atoms with Gasteiger partial charge in [0.25, 0.3) is 0 Å². The van der Waals surface area contributed by atoms with Gasteiger partial charge in [-0.1, -0.05) is 42.5 Å². The number of benzene rings is 2. The van der Waals surface area contributed by atoms with Crippen LogP contribution in [0.5, 0.6) is 0 Å². The topological polar surface area (TPSA) is 41.6 Å². The fourth-order valence-electron chi connectivity index (χ4n) is 3.97. The van der Waals surface area contributed by atoms with Gasteiger partial charge in [0.05, 0.1) is 0 Å². The van der Waals surface area contributed by atoms with Crippen LogP contribution in [0.1, 0.15) is 24.0 Å². The molecule has 0 aromatic heterocycles. The second-order valence-corrected chi connectivity index (χ2v) is 6.96. The number of piperidine rings is 1. The zero-order chi connectivity index (χ0) is 17.1. The number of nitrogens with one attached hydrogen (secondary N) is 1. The molecule has 25 heavy (non-hydrogen) atoms. The summed E-state index contributed by atoms with van der Waals surface area (Å²) in [5.74, 6) is 0. The smallest absolute Gasteiger partial charge is 0.411 e. The normalized spacial score (nSPS) is 18.7. The van der Waals surface area contributed by atoms with Crippen LogP contribution in [0.2, 0.25) is 0 Å². The molecule has 2 aliphatic rings. The fourth-order valence-corrected chi connectivity index (χ4v) is 3.97. The third kappa shape index (κ3) is 3.85. The molecule has 4 heteroatoms. The number of amides is 1. The third-order valence-electron chi connectivity index (χ3n) is 5.32. The Morgan fingerprint density at radius 1 is 0.920 bits per heavy atom. The number of carbonyl (C=O) groups is 1. The van der Waals surface area contributed by atoms with Crippen molar-refractivity contribution in [1.29, 1.82) is 0 Å². The molecular weight excluding hydrogens is 312 g/mol. The lowest BCUT2D eigenvalue weighted by Crippen LogP contribution is -2.44. The van der Waals surface area contributed by atoms with Crippen molar-refractivity contribution in [3.05, 3.63) is 65.7 Å². The highest BCUT2D eigenvalue weighted by molar-refractivity contribution is 5.84. The quantitative estimate of drug-likeness (QED) is 0.925. The van der Waals surface area contributed by atoms with E-state index >= 15 is 0 Å². The number of rotatable bonds is 3. The summed E-state index contributed by atoms with van der Waals surface area (Å²) in [5.41, 5.74) is 3.76. The summed E-state index contributed by atoms with van der Waals surface area (Å²) < 4.78 is 5.59. The molecule has 1 aliphatic heterocycles. The van der Waals surface area contributed by atoms with Gasteiger partial charge in [-0.05, 0) is 48.9 Å². The van der Waals surface area contributed by atoms with Gasteiger partial charge in [0.15, 0.2) is 0 Å². The van der Waals surface area contributed by atoms with Gasteiger partial charge in [-0.25, -0.2) is 4.79 Å². The average molecular weight is 336 g/mol. The number of fused-ring (bicyclic) bond motifs is 1. The SMILES string of the molecule is O=C(Nc1ccccc1)OC1CCN(C2Cc3ccccc3C2)CC1. The number of anilines is 1. The Hall–Kier alpha value is -2.33. The molecule has 0 spiro atoms. The maximum Gasteiger partial charge on any atom is 0.411 e. The highest BCUT2D eigenvalue weighted by Crippen LogP contribution is 2.28. The molecule has 0 unspecified atom stereocenters. The maximum atomic E-state index is 12.0. The number of nitrogens with zero attached hydrogens (tertiary/aromatic N) is 1. The van der Waals surface area contributed by atoms with E-state index in [-0.39, 0.29) is 12.2 Å². The summed E-state index contributed by atoms with van der Waals surface area (Å²) in [6.45, 7) is 2.00. The van der Waals surface area contributed by atoms with E-state index in [0.29, 0.717) is 6.04 Å². The van der Waals surface area contributed by atoms with Crippen LogP contribution in [0.15, 0.2) is 54.6 Å². The number of carbonyl (C=O) groups excluding carboxylic acids is 1. The molecule has 0 atom stereocenters. The first kappa shape index (κ1) is 16.2. The molecule has 4 rings (SSSR count). The zero-order valence-corrected chi connectivity index (χ0v) is 14.4. The van der Waals surface area contributed by atoms with E-state index in [1.54, 1.807) is 0 Å². The standard InChI is InChI=1S/C21H24N2O2/c24-21(22-18-8-2-1-3-9-18)25-20-10-12-23(13-11-20)19-14-16-6-4-5-7-17(16)15-19/h1-9,19-20H,10-15H2,(H,22,24). The molecule has 1 fully saturated rings. The van der Waals surface area contributed by atoms with Crippen molar-refractivity contribution in [1.82, 2.24) is 4.90 Å². The molecule has 1 aliphatic carbocycles. The number of hydrogen-bond donors (Lipinski definition) is 1. The van der Waals surface area contributed by atoms with Crippen molar-refractivity contribution < 1.29 is 9.53 Å². The number of likely N-dealkylation sites (tertiary alicyclic amines) is 1. The van der Waals surface area contributed by atoms with Gasteiger partial charge < -0.3 is 4.74 Å². The van der Waals surface area contributed by atoms with Crippen LogP contribution < -0.4 is 5.32 Å². The lowest BCUT2D eigenvalue weighted by Gasteiger charge is -2.35. The summed E-state index contributed by atoms with van der Waals surface area (Å²) in [6, 6.07) is 18.8. The second-order valence-electron chi connectivity index (χ2n) is 6.96. The lowest BCUT2D eigenvalue weighted by atomic mass is 10.0. The summed E-state index contributed by atoms with van der Waals surface area (Å²) in [6.07, 6.45) is 3.79. The van der Waals surface area contributed by atoms with Gasteiger partial charge in [-0.3, -0.25) is 10.2 Å². The molecule has 1 amide bonds. The average Bonchev–Trinajstić information content (AvgIpc) is 3.07. The van der Waals surface area contributed by atoms with E-state index in [4.69, 9.17) is 4.74 Å². The summed E-state index contributed by atoms with van der Waals surface area (Å²) in [7, 11) is 0. The van der Waals surface area contributed by atoms with Gasteiger partial charge in [-0.15, -0.1) is 0 Å². The van der Waals surface area contributed by atoms with Crippen molar-refractivity contribution >= 4 is 11.8 Å². The Labute approximate surface area is 148 Å². The highest BCUT2D eigenvalue weighted by Gasteiger charge is 2.30. The Bertz CT molecular complexity index is 699. The Kier molecular flexibility index (Phi) is 4.70. The fraction of sp³-hybridized carbons (Fsp3) is 0.381. The first-order valence-corrected chi connectivity index (χ1v) is 9.11. The van der Waals surface area contributed by atoms with Crippen LogP contribution in [0.3, 0.4) is 0 Å². The minimum Gasteiger partial charge on any atom is -0.446 e. The Morgan fingerprint density at radius 3 is 2.16 bits per heavy atom. The molecular formula is C21H24N2O2. The van der Waals surface area contributed by atoms with Gasteiger partial charge in [-0.2, -0.15) is 0 Å². The molecule has 2 aromatic carbocycles. The van der Waals surface area contributed by atoms with Crippen molar-refractivity contribution in [2.24, 2.45) is 0 Å². The molecule has 2 aromatic rings. The predicted octanol–water partition coefficient (Wildman–Crippen LogP) is 3.87. The summed E-state index contributed by atoms with van der Waals surface area (Å²) >= 11 is 0. The Morgan fingerprint density at radius 2 is 1.52 bits per heavy atom. The predicted molar refractivity (Wildman–Crippen MR) is 98.8 cm³/mol.